The number of carbonyl (C=O) groups is 2. The lowest BCUT2D eigenvalue weighted by Crippen LogP contribution is -2.61. The molecular formula is C45H55ClFN7O6. The lowest BCUT2D eigenvalue weighted by atomic mass is 9.66. The summed E-state index contributed by atoms with van der Waals surface area (Å²) in [5, 5.41) is 18.5. The fraction of sp³-hybridized carbons (Fsp3) is 0.422. The zero-order chi connectivity index (χ0) is 43.0. The highest BCUT2D eigenvalue weighted by Crippen LogP contribution is 2.45. The van der Waals surface area contributed by atoms with Crippen LogP contribution in [0.25, 0.3) is 0 Å². The molecule has 2 atom stereocenters. The second kappa shape index (κ2) is 19.5. The summed E-state index contributed by atoms with van der Waals surface area (Å²) in [6.45, 7) is 12.9. The smallest absolute Gasteiger partial charge is 0.313 e. The number of nitrogens with two attached hydrogens (primary N) is 1. The average molecular weight is 844 g/mol. The van der Waals surface area contributed by atoms with Crippen LogP contribution in [0.2, 0.25) is 5.02 Å². The molecule has 6 rings (SSSR count). The lowest BCUT2D eigenvalue weighted by Gasteiger charge is -2.52. The van der Waals surface area contributed by atoms with Gasteiger partial charge in [0.1, 0.15) is 23.9 Å². The van der Waals surface area contributed by atoms with Gasteiger partial charge in [0.05, 0.1) is 37.7 Å². The van der Waals surface area contributed by atoms with Gasteiger partial charge in [0, 0.05) is 91.9 Å². The molecule has 2 amide bonds. The number of nitrogens with zero attached hydrogens (tertiary/aromatic N) is 5. The first kappa shape index (κ1) is 44.4. The van der Waals surface area contributed by atoms with E-state index in [1.807, 2.05) is 18.2 Å². The van der Waals surface area contributed by atoms with Crippen LogP contribution in [0, 0.1) is 5.82 Å². The van der Waals surface area contributed by atoms with Gasteiger partial charge in [-0.25, -0.2) is 4.39 Å². The number of methoxy groups -OCH3 is 1. The molecule has 0 saturated carbocycles. The average Bonchev–Trinajstić information content (AvgIpc) is 3.27. The van der Waals surface area contributed by atoms with Gasteiger partial charge in [-0.3, -0.25) is 24.4 Å². The van der Waals surface area contributed by atoms with E-state index in [2.05, 4.69) is 59.0 Å². The number of nitrogens with one attached hydrogen (secondary N) is 1. The molecule has 4 aromatic rings. The molecule has 15 heteroatoms. The quantitative estimate of drug-likeness (QED) is 0.0636. The minimum atomic E-state index is -0.777. The van der Waals surface area contributed by atoms with Crippen molar-refractivity contribution in [3.05, 3.63) is 118 Å². The SMILES string of the molecule is COc1cc(/C(Cc2ccncc2)=N\N)c(C(C)N2CCN(C(=O)C(=O)Nc3ccc(OCc4ccc(F)cc4)c(Cl)c3)CC2)cc1C(C)(CO)C(C)(C)N1CCOCC1. The number of morpholine rings is 1. The van der Waals surface area contributed by atoms with Crippen molar-refractivity contribution >= 4 is 34.8 Å². The lowest BCUT2D eigenvalue weighted by molar-refractivity contribution is -0.144. The second-order valence-corrected chi connectivity index (χ2v) is 16.3. The number of hydrogen-bond donors (Lipinski definition) is 3. The molecule has 4 N–H and O–H groups in total. The number of aliphatic hydroxyl groups is 1. The largest absolute Gasteiger partial charge is 0.496 e. The van der Waals surface area contributed by atoms with Crippen molar-refractivity contribution in [1.82, 2.24) is 19.7 Å². The second-order valence-electron chi connectivity index (χ2n) is 15.9. The topological polar surface area (TPSA) is 155 Å². The van der Waals surface area contributed by atoms with Crippen molar-refractivity contribution < 1.29 is 33.3 Å². The van der Waals surface area contributed by atoms with Crippen molar-refractivity contribution in [1.29, 1.82) is 0 Å². The first-order valence-corrected chi connectivity index (χ1v) is 20.5. The molecule has 13 nitrogen and oxygen atoms in total. The highest BCUT2D eigenvalue weighted by molar-refractivity contribution is 6.39. The third-order valence-corrected chi connectivity index (χ3v) is 12.6. The summed E-state index contributed by atoms with van der Waals surface area (Å²) in [5.41, 5.74) is 4.10. The van der Waals surface area contributed by atoms with E-state index in [9.17, 15) is 19.1 Å². The number of rotatable bonds is 14. The Morgan fingerprint density at radius 3 is 2.27 bits per heavy atom. The molecule has 0 bridgehead atoms. The molecule has 2 saturated heterocycles. The third kappa shape index (κ3) is 9.74. The Morgan fingerprint density at radius 2 is 1.65 bits per heavy atom. The summed E-state index contributed by atoms with van der Waals surface area (Å²) in [6.07, 6.45) is 3.92. The standard InChI is InChI=1S/C45H55ClFN7O6/c1-30(52-16-18-53(19-17-52)43(57)42(56)50-34-10-11-40(38(46)25-34)60-28-32-6-8-33(47)9-7-32)35-26-37(45(4,29-55)44(2,3)54-20-22-59-23-21-54)41(58-5)27-36(35)39(51-48)24-31-12-14-49-15-13-31/h6-15,25-27,30,55H,16-24,28-29,48H2,1-5H3,(H,50,56)/b51-39-. The van der Waals surface area contributed by atoms with Gasteiger partial charge in [0.15, 0.2) is 0 Å². The molecular weight excluding hydrogens is 789 g/mol. The fourth-order valence-corrected chi connectivity index (χ4v) is 8.29. The number of piperazine rings is 1. The molecule has 2 aliphatic heterocycles. The first-order valence-electron chi connectivity index (χ1n) is 20.1. The monoisotopic (exact) mass is 843 g/mol. The van der Waals surface area contributed by atoms with E-state index < -0.39 is 22.8 Å². The minimum Gasteiger partial charge on any atom is -0.496 e. The molecule has 1 aromatic heterocycles. The van der Waals surface area contributed by atoms with Gasteiger partial charge in [0.25, 0.3) is 0 Å². The van der Waals surface area contributed by atoms with E-state index in [1.54, 1.807) is 48.7 Å². The first-order chi connectivity index (χ1) is 28.8. The van der Waals surface area contributed by atoms with Crippen molar-refractivity contribution in [2.24, 2.45) is 10.9 Å². The number of hydrogen-bond acceptors (Lipinski definition) is 11. The number of pyridine rings is 1. The van der Waals surface area contributed by atoms with Crippen LogP contribution in [0.5, 0.6) is 11.5 Å². The Labute approximate surface area is 356 Å². The zero-order valence-corrected chi connectivity index (χ0v) is 35.7. The van der Waals surface area contributed by atoms with Gasteiger partial charge in [-0.05, 0) is 92.1 Å². The highest BCUT2D eigenvalue weighted by atomic mass is 35.5. The van der Waals surface area contributed by atoms with E-state index in [1.165, 1.54) is 18.2 Å². The predicted octanol–water partition coefficient (Wildman–Crippen LogP) is 5.57. The van der Waals surface area contributed by atoms with Crippen LogP contribution in [0.15, 0.2) is 84.2 Å². The van der Waals surface area contributed by atoms with Gasteiger partial charge >= 0.3 is 11.8 Å². The zero-order valence-electron chi connectivity index (χ0n) is 34.9. The van der Waals surface area contributed by atoms with E-state index in [4.69, 9.17) is 31.7 Å². The number of benzene rings is 3. The predicted molar refractivity (Wildman–Crippen MR) is 230 cm³/mol. The van der Waals surface area contributed by atoms with Gasteiger partial charge in [0.2, 0.25) is 0 Å². The Hall–Kier alpha value is -5.12. The number of ether oxygens (including phenoxy) is 3. The van der Waals surface area contributed by atoms with Crippen LogP contribution < -0.4 is 20.6 Å². The molecule has 3 heterocycles. The van der Waals surface area contributed by atoms with Gasteiger partial charge < -0.3 is 35.4 Å². The molecule has 2 aliphatic rings. The van der Waals surface area contributed by atoms with Crippen LogP contribution >= 0.6 is 11.6 Å². The van der Waals surface area contributed by atoms with Crippen molar-refractivity contribution in [2.75, 3.05) is 71.5 Å². The number of amides is 2. The molecule has 60 heavy (non-hydrogen) atoms. The molecule has 320 valence electrons. The molecule has 0 spiro atoms. The molecule has 2 fully saturated rings. The molecule has 0 aliphatic carbocycles. The minimum absolute atomic E-state index is 0.139. The van der Waals surface area contributed by atoms with E-state index in [-0.39, 0.29) is 30.1 Å². The van der Waals surface area contributed by atoms with Gasteiger partial charge in [-0.2, -0.15) is 5.10 Å². The van der Waals surface area contributed by atoms with Crippen LogP contribution in [0.3, 0.4) is 0 Å². The number of halogens is 2. The van der Waals surface area contributed by atoms with E-state index in [0.29, 0.717) is 68.7 Å². The maximum atomic E-state index is 13.5. The number of aromatic nitrogens is 1. The Bertz CT molecular complexity index is 2140. The van der Waals surface area contributed by atoms with Crippen molar-refractivity contribution in [3.8, 4) is 11.5 Å². The number of anilines is 1. The maximum absolute atomic E-state index is 13.5. The van der Waals surface area contributed by atoms with E-state index in [0.717, 1.165) is 40.9 Å². The summed E-state index contributed by atoms with van der Waals surface area (Å²) in [5.74, 6) is 5.38. The van der Waals surface area contributed by atoms with Gasteiger partial charge in [-0.15, -0.1) is 0 Å². The Balaban J connectivity index is 1.20. The van der Waals surface area contributed by atoms with E-state index >= 15 is 0 Å². The molecule has 2 unspecified atom stereocenters. The maximum Gasteiger partial charge on any atom is 0.313 e. The number of aliphatic hydroxyl groups excluding tert-OH is 1. The summed E-state index contributed by atoms with van der Waals surface area (Å²) in [6, 6.07) is 18.5. The van der Waals surface area contributed by atoms with Crippen molar-refractivity contribution in [3.63, 3.8) is 0 Å². The summed E-state index contributed by atoms with van der Waals surface area (Å²) in [4.78, 5) is 37.0. The Morgan fingerprint density at radius 1 is 0.967 bits per heavy atom. The summed E-state index contributed by atoms with van der Waals surface area (Å²) in [7, 11) is 1.63. The molecule has 0 radical (unpaired) electrons. The molecule has 3 aromatic carbocycles. The van der Waals surface area contributed by atoms with Gasteiger partial charge in [-0.1, -0.05) is 30.7 Å². The normalized spacial score (nSPS) is 17.1. The number of carbonyl (C=O) groups excluding carboxylic acids is 2. The van der Waals surface area contributed by atoms with Crippen LogP contribution in [-0.2, 0) is 32.8 Å². The highest BCUT2D eigenvalue weighted by Gasteiger charge is 2.48. The van der Waals surface area contributed by atoms with Crippen LogP contribution in [0.4, 0.5) is 10.1 Å². The van der Waals surface area contributed by atoms with Crippen molar-refractivity contribution in [2.45, 2.75) is 57.7 Å². The Kier molecular flexibility index (Phi) is 14.4. The van der Waals surface area contributed by atoms with Crippen LogP contribution in [-0.4, -0.2) is 114 Å². The summed E-state index contributed by atoms with van der Waals surface area (Å²) < 4.78 is 30.8. The van der Waals surface area contributed by atoms with Crippen LogP contribution in [0.1, 0.15) is 61.6 Å². The fourth-order valence-electron chi connectivity index (χ4n) is 8.05. The summed E-state index contributed by atoms with van der Waals surface area (Å²) >= 11 is 6.45. The third-order valence-electron chi connectivity index (χ3n) is 12.3. The number of hydrazone groups is 1.